The second-order valence-electron chi connectivity index (χ2n) is 6.11. The molecule has 1 rings (SSSR count). The van der Waals surface area contributed by atoms with Crippen LogP contribution in [0.25, 0.3) is 0 Å². The van der Waals surface area contributed by atoms with E-state index in [2.05, 4.69) is 4.74 Å². The predicted molar refractivity (Wildman–Crippen MR) is 84.8 cm³/mol. The third-order valence-corrected chi connectivity index (χ3v) is 4.09. The van der Waals surface area contributed by atoms with Gasteiger partial charge in [-0.2, -0.15) is 0 Å². The maximum absolute atomic E-state index is 11.0. The van der Waals surface area contributed by atoms with E-state index in [-0.39, 0.29) is 12.8 Å². The molecule has 1 atom stereocenters. The van der Waals surface area contributed by atoms with Crippen molar-refractivity contribution in [1.82, 2.24) is 0 Å². The van der Waals surface area contributed by atoms with Crippen molar-refractivity contribution in [3.05, 3.63) is 11.5 Å². The molecule has 23 heavy (non-hydrogen) atoms. The number of carbonyl (C=O) groups excluding carboxylic acids is 1. The molecule has 0 radical (unpaired) electrons. The summed E-state index contributed by atoms with van der Waals surface area (Å²) in [5, 5.41) is 27.8. The molecule has 0 saturated carbocycles. The molecule has 0 bridgehead atoms. The topological polar surface area (TPSA) is 104 Å². The van der Waals surface area contributed by atoms with Crippen LogP contribution in [0.4, 0.5) is 0 Å². The summed E-state index contributed by atoms with van der Waals surface area (Å²) in [6, 6.07) is 0. The second-order valence-corrected chi connectivity index (χ2v) is 6.11. The third kappa shape index (κ3) is 8.59. The van der Waals surface area contributed by atoms with Gasteiger partial charge in [0.15, 0.2) is 0 Å². The molecule has 1 aliphatic rings. The number of aliphatic hydroxyl groups is 2. The molecule has 3 N–H and O–H groups in total. The summed E-state index contributed by atoms with van der Waals surface area (Å²) in [4.78, 5) is 21.3. The van der Waals surface area contributed by atoms with E-state index in [1.165, 1.54) is 0 Å². The van der Waals surface area contributed by atoms with Crippen molar-refractivity contribution in [2.75, 3.05) is 0 Å². The van der Waals surface area contributed by atoms with Crippen molar-refractivity contribution in [2.45, 2.75) is 83.2 Å². The largest absolute Gasteiger partial charge is 0.481 e. The first-order valence-corrected chi connectivity index (χ1v) is 8.53. The van der Waals surface area contributed by atoms with Crippen LogP contribution in [-0.4, -0.2) is 33.4 Å². The fourth-order valence-electron chi connectivity index (χ4n) is 2.73. The van der Waals surface area contributed by atoms with Crippen LogP contribution in [0.2, 0.25) is 0 Å². The summed E-state index contributed by atoms with van der Waals surface area (Å²) in [6.07, 6.45) is 9.23. The molecule has 0 aliphatic carbocycles. The number of carboxylic acid groups (broad SMARTS) is 1. The van der Waals surface area contributed by atoms with Crippen LogP contribution in [0.3, 0.4) is 0 Å². The van der Waals surface area contributed by atoms with Gasteiger partial charge in [-0.25, -0.2) is 0 Å². The Kier molecular flexibility index (Phi) is 9.36. The summed E-state index contributed by atoms with van der Waals surface area (Å²) >= 11 is 0. The highest BCUT2D eigenvalue weighted by Gasteiger charge is 2.28. The molecule has 1 heterocycles. The minimum atomic E-state index is -0.796. The summed E-state index contributed by atoms with van der Waals surface area (Å²) in [5.41, 5.74) is 0.302. The van der Waals surface area contributed by atoms with Crippen LogP contribution < -0.4 is 0 Å². The Hall–Kier alpha value is -1.56. The van der Waals surface area contributed by atoms with Crippen LogP contribution in [0.1, 0.15) is 77.0 Å². The van der Waals surface area contributed by atoms with Crippen molar-refractivity contribution >= 4 is 11.9 Å². The van der Waals surface area contributed by atoms with Crippen molar-refractivity contribution in [1.29, 1.82) is 0 Å². The van der Waals surface area contributed by atoms with E-state index in [1.807, 2.05) is 0 Å². The Morgan fingerprint density at radius 3 is 2.00 bits per heavy atom. The van der Waals surface area contributed by atoms with Gasteiger partial charge in [0.05, 0.1) is 18.1 Å². The average molecular weight is 328 g/mol. The number of aliphatic carboxylic acids is 1. The van der Waals surface area contributed by atoms with Gasteiger partial charge in [0.25, 0.3) is 5.95 Å². The number of ether oxygens (including phenoxy) is 1. The lowest BCUT2D eigenvalue weighted by molar-refractivity contribution is -0.139. The maximum Gasteiger partial charge on any atom is 0.318 e. The van der Waals surface area contributed by atoms with Gasteiger partial charge in [-0.3, -0.25) is 9.59 Å². The highest BCUT2D eigenvalue weighted by atomic mass is 16.6. The highest BCUT2D eigenvalue weighted by molar-refractivity contribution is 5.76. The Morgan fingerprint density at radius 1 is 1.00 bits per heavy atom. The number of esters is 1. The molecule has 0 fully saturated rings. The maximum atomic E-state index is 11.0. The van der Waals surface area contributed by atoms with Crippen molar-refractivity contribution in [3.63, 3.8) is 0 Å². The SMILES string of the molecule is O=C(O)CCCCCCCCCCCC(O)C1=C(O)OC(=O)C1. The van der Waals surface area contributed by atoms with Crippen LogP contribution in [0.15, 0.2) is 11.5 Å². The Balaban J connectivity index is 1.91. The quantitative estimate of drug-likeness (QED) is 0.353. The zero-order chi connectivity index (χ0) is 17.1. The van der Waals surface area contributed by atoms with Gasteiger partial charge in [0.2, 0.25) is 0 Å². The van der Waals surface area contributed by atoms with E-state index in [4.69, 9.17) is 5.11 Å². The average Bonchev–Trinajstić information content (AvgIpc) is 2.83. The summed E-state index contributed by atoms with van der Waals surface area (Å²) < 4.78 is 4.51. The Bertz CT molecular complexity index is 415. The first-order chi connectivity index (χ1) is 11.0. The second kappa shape index (κ2) is 11.0. The lowest BCUT2D eigenvalue weighted by Crippen LogP contribution is -2.11. The summed E-state index contributed by atoms with van der Waals surface area (Å²) in [7, 11) is 0. The fraction of sp³-hybridized carbons (Fsp3) is 0.765. The van der Waals surface area contributed by atoms with Gasteiger partial charge in [-0.05, 0) is 12.8 Å². The van der Waals surface area contributed by atoms with Gasteiger partial charge in [-0.1, -0.05) is 51.4 Å². The van der Waals surface area contributed by atoms with E-state index < -0.39 is 24.0 Å². The van der Waals surface area contributed by atoms with Gasteiger partial charge >= 0.3 is 11.9 Å². The number of carboxylic acids is 1. The highest BCUT2D eigenvalue weighted by Crippen LogP contribution is 2.24. The molecule has 0 aromatic rings. The predicted octanol–water partition coefficient (Wildman–Crippen LogP) is 3.44. The summed E-state index contributed by atoms with van der Waals surface area (Å²) in [5.74, 6) is -1.66. The summed E-state index contributed by atoms with van der Waals surface area (Å²) in [6.45, 7) is 0. The molecule has 0 aromatic carbocycles. The number of unbranched alkanes of at least 4 members (excludes halogenated alkanes) is 8. The minimum Gasteiger partial charge on any atom is -0.481 e. The molecule has 0 amide bonds. The van der Waals surface area contributed by atoms with E-state index in [0.29, 0.717) is 12.0 Å². The number of rotatable bonds is 13. The molecule has 6 nitrogen and oxygen atoms in total. The van der Waals surface area contributed by atoms with Crippen molar-refractivity contribution < 1.29 is 29.6 Å². The Morgan fingerprint density at radius 2 is 1.52 bits per heavy atom. The van der Waals surface area contributed by atoms with Crippen LogP contribution in [-0.2, 0) is 14.3 Å². The number of cyclic esters (lactones) is 1. The van der Waals surface area contributed by atoms with E-state index >= 15 is 0 Å². The van der Waals surface area contributed by atoms with Crippen LogP contribution >= 0.6 is 0 Å². The number of carbonyl (C=O) groups is 2. The normalized spacial score (nSPS) is 15.8. The number of hydrogen-bond acceptors (Lipinski definition) is 5. The lowest BCUT2D eigenvalue weighted by Gasteiger charge is -2.09. The molecule has 132 valence electrons. The number of hydrogen-bond donors (Lipinski definition) is 3. The molecule has 0 saturated heterocycles. The van der Waals surface area contributed by atoms with Gasteiger partial charge in [0.1, 0.15) is 0 Å². The smallest absolute Gasteiger partial charge is 0.318 e. The van der Waals surface area contributed by atoms with E-state index in [9.17, 15) is 19.8 Å². The van der Waals surface area contributed by atoms with E-state index in [1.54, 1.807) is 0 Å². The molecule has 1 unspecified atom stereocenters. The van der Waals surface area contributed by atoms with Gasteiger partial charge in [-0.15, -0.1) is 0 Å². The zero-order valence-electron chi connectivity index (χ0n) is 13.6. The van der Waals surface area contributed by atoms with Crippen LogP contribution in [0, 0.1) is 0 Å². The monoisotopic (exact) mass is 328 g/mol. The molecule has 6 heteroatoms. The minimum absolute atomic E-state index is 0.0190. The van der Waals surface area contributed by atoms with Crippen LogP contribution in [0.5, 0.6) is 0 Å². The van der Waals surface area contributed by atoms with Crippen molar-refractivity contribution in [2.24, 2.45) is 0 Å². The van der Waals surface area contributed by atoms with Gasteiger partial charge < -0.3 is 20.1 Å². The van der Waals surface area contributed by atoms with Gasteiger partial charge in [0, 0.05) is 6.42 Å². The number of aliphatic hydroxyl groups excluding tert-OH is 2. The lowest BCUT2D eigenvalue weighted by atomic mass is 10.0. The molecule has 1 aliphatic heterocycles. The first kappa shape index (κ1) is 19.5. The first-order valence-electron chi connectivity index (χ1n) is 8.53. The fourth-order valence-corrected chi connectivity index (χ4v) is 2.73. The molecule has 0 aromatic heterocycles. The standard InChI is InChI=1S/C17H28O6/c18-14(13-12-16(21)23-17(13)22)10-8-6-4-2-1-3-5-7-9-11-15(19)20/h14,18,22H,1-12H2,(H,19,20). The third-order valence-electron chi connectivity index (χ3n) is 4.09. The molecular formula is C17H28O6. The zero-order valence-corrected chi connectivity index (χ0v) is 13.6. The molecule has 0 spiro atoms. The van der Waals surface area contributed by atoms with Crippen molar-refractivity contribution in [3.8, 4) is 0 Å². The molecular weight excluding hydrogens is 300 g/mol. The Labute approximate surface area is 137 Å². The van der Waals surface area contributed by atoms with E-state index in [0.717, 1.165) is 57.8 Å².